The van der Waals surface area contributed by atoms with Crippen LogP contribution in [0.1, 0.15) is 52.5 Å². The molecule has 0 spiro atoms. The van der Waals surface area contributed by atoms with Crippen LogP contribution in [0.4, 0.5) is 0 Å². The second kappa shape index (κ2) is 6.74. The van der Waals surface area contributed by atoms with Gasteiger partial charge in [-0.15, -0.1) is 0 Å². The van der Waals surface area contributed by atoms with Crippen LogP contribution in [0.3, 0.4) is 0 Å². The van der Waals surface area contributed by atoms with Crippen molar-refractivity contribution in [3.8, 4) is 11.3 Å². The van der Waals surface area contributed by atoms with Crippen LogP contribution in [-0.2, 0) is 17.3 Å². The van der Waals surface area contributed by atoms with Gasteiger partial charge in [0.25, 0.3) is 0 Å². The van der Waals surface area contributed by atoms with Gasteiger partial charge in [-0.05, 0) is 42.9 Å². The lowest BCUT2D eigenvalue weighted by atomic mass is 9.58. The lowest BCUT2D eigenvalue weighted by Gasteiger charge is -2.48. The fourth-order valence-corrected chi connectivity index (χ4v) is 5.72. The van der Waals surface area contributed by atoms with Gasteiger partial charge in [0.2, 0.25) is 0 Å². The van der Waals surface area contributed by atoms with Crippen molar-refractivity contribution >= 4 is 5.78 Å². The van der Waals surface area contributed by atoms with Crippen molar-refractivity contribution in [3.63, 3.8) is 0 Å². The number of fused-ring (bicyclic) bond motifs is 1. The van der Waals surface area contributed by atoms with Crippen LogP contribution in [-0.4, -0.2) is 21.7 Å². The molecule has 1 N–H and O–H groups in total. The van der Waals surface area contributed by atoms with Crippen molar-refractivity contribution in [2.75, 3.05) is 0 Å². The van der Waals surface area contributed by atoms with Gasteiger partial charge < -0.3 is 5.32 Å². The number of ketones is 1. The van der Waals surface area contributed by atoms with Gasteiger partial charge in [0.1, 0.15) is 0 Å². The molecular weight excluding hydrogens is 386 g/mol. The number of carbonyl (C=O) groups is 1. The summed E-state index contributed by atoms with van der Waals surface area (Å²) in [6.07, 6.45) is 3.92. The largest absolute Gasteiger partial charge is 0.362 e. The Balaban J connectivity index is 1.77. The number of aromatic nitrogens is 2. The standard InChI is InChI=1S/C25H29N5O/c1-6-25(17-9-7-8-16(12-17)18-10-11-30(5)29-18)21-15(2)27-28-23(21)26-19-13-24(3,4)14-20(31)22(19)25/h7-12,23,26H,6,13-14H2,1-5H3/t23?,25-/m0/s1. The predicted octanol–water partition coefficient (Wildman–Crippen LogP) is 5.05. The summed E-state index contributed by atoms with van der Waals surface area (Å²) >= 11 is 0. The fourth-order valence-electron chi connectivity index (χ4n) is 5.72. The summed E-state index contributed by atoms with van der Waals surface area (Å²) in [5.74, 6) is 0.231. The molecule has 0 saturated heterocycles. The van der Waals surface area contributed by atoms with Gasteiger partial charge in [0, 0.05) is 42.1 Å². The van der Waals surface area contributed by atoms with Crippen LogP contribution in [0.5, 0.6) is 0 Å². The summed E-state index contributed by atoms with van der Waals surface area (Å²) in [6, 6.07) is 10.5. The summed E-state index contributed by atoms with van der Waals surface area (Å²) in [5, 5.41) is 17.1. The average molecular weight is 416 g/mol. The minimum Gasteiger partial charge on any atom is -0.362 e. The Morgan fingerprint density at radius 3 is 2.74 bits per heavy atom. The molecule has 0 amide bonds. The van der Waals surface area contributed by atoms with E-state index >= 15 is 0 Å². The molecule has 2 atom stereocenters. The van der Waals surface area contributed by atoms with E-state index < -0.39 is 5.41 Å². The van der Waals surface area contributed by atoms with Crippen molar-refractivity contribution < 1.29 is 4.79 Å². The number of nitrogens with one attached hydrogen (secondary N) is 1. The Labute approximate surface area is 183 Å². The van der Waals surface area contributed by atoms with E-state index in [9.17, 15) is 4.79 Å². The number of allylic oxidation sites excluding steroid dienone is 3. The summed E-state index contributed by atoms with van der Waals surface area (Å²) in [6.45, 7) is 8.51. The Hall–Kier alpha value is -3.02. The van der Waals surface area contributed by atoms with E-state index in [2.05, 4.69) is 65.7 Å². The molecule has 6 heteroatoms. The Morgan fingerprint density at radius 2 is 2.03 bits per heavy atom. The van der Waals surface area contributed by atoms with E-state index in [0.717, 1.165) is 52.2 Å². The van der Waals surface area contributed by atoms with Crippen molar-refractivity contribution in [2.45, 2.75) is 58.5 Å². The Bertz CT molecular complexity index is 1180. The van der Waals surface area contributed by atoms with Crippen molar-refractivity contribution in [2.24, 2.45) is 22.7 Å². The SMILES string of the molecule is CC[C@@]1(c2cccc(-c3ccn(C)n3)c2)C2=C(CC(C)(C)CC2=O)NC2N=NC(C)=C21. The number of hydrogen-bond acceptors (Lipinski definition) is 5. The lowest BCUT2D eigenvalue weighted by Crippen LogP contribution is -2.51. The van der Waals surface area contributed by atoms with Crippen LogP contribution >= 0.6 is 0 Å². The summed E-state index contributed by atoms with van der Waals surface area (Å²) in [7, 11) is 1.92. The highest BCUT2D eigenvalue weighted by atomic mass is 16.1. The molecule has 0 radical (unpaired) electrons. The highest BCUT2D eigenvalue weighted by Crippen LogP contribution is 2.55. The number of hydrogen-bond donors (Lipinski definition) is 1. The Kier molecular flexibility index (Phi) is 4.33. The first-order chi connectivity index (χ1) is 14.7. The number of rotatable bonds is 3. The highest BCUT2D eigenvalue weighted by Gasteiger charge is 2.53. The second-order valence-electron chi connectivity index (χ2n) is 9.77. The molecular formula is C25H29N5O. The molecule has 0 fully saturated rings. The molecule has 0 saturated carbocycles. The molecule has 3 heterocycles. The monoisotopic (exact) mass is 415 g/mol. The van der Waals surface area contributed by atoms with Crippen LogP contribution in [0.2, 0.25) is 0 Å². The smallest absolute Gasteiger partial charge is 0.165 e. The van der Waals surface area contributed by atoms with E-state index in [-0.39, 0.29) is 17.4 Å². The van der Waals surface area contributed by atoms with Gasteiger partial charge in [0.15, 0.2) is 11.9 Å². The highest BCUT2D eigenvalue weighted by molar-refractivity contribution is 6.01. The van der Waals surface area contributed by atoms with Crippen LogP contribution in [0, 0.1) is 5.41 Å². The molecule has 1 aliphatic carbocycles. The zero-order valence-electron chi connectivity index (χ0n) is 18.9. The third kappa shape index (κ3) is 2.92. The molecule has 2 aromatic rings. The molecule has 3 aliphatic rings. The lowest BCUT2D eigenvalue weighted by molar-refractivity contribution is -0.119. The van der Waals surface area contributed by atoms with Gasteiger partial charge in [-0.3, -0.25) is 9.48 Å². The van der Waals surface area contributed by atoms with E-state index in [4.69, 9.17) is 0 Å². The maximum atomic E-state index is 13.6. The van der Waals surface area contributed by atoms with Gasteiger partial charge >= 0.3 is 0 Å². The van der Waals surface area contributed by atoms with Crippen LogP contribution in [0.15, 0.2) is 69.3 Å². The first kappa shape index (κ1) is 19.9. The molecule has 5 rings (SSSR count). The molecule has 1 unspecified atom stereocenters. The Morgan fingerprint density at radius 1 is 1.23 bits per heavy atom. The molecule has 0 bridgehead atoms. The quantitative estimate of drug-likeness (QED) is 0.763. The zero-order valence-corrected chi connectivity index (χ0v) is 18.9. The van der Waals surface area contributed by atoms with Crippen molar-refractivity contribution in [3.05, 3.63) is 64.6 Å². The fraction of sp³-hybridized carbons (Fsp3) is 0.440. The number of nitrogens with zero attached hydrogens (tertiary/aromatic N) is 4. The molecule has 2 aliphatic heterocycles. The molecule has 1 aromatic heterocycles. The van der Waals surface area contributed by atoms with Crippen LogP contribution in [0.25, 0.3) is 11.3 Å². The molecule has 31 heavy (non-hydrogen) atoms. The number of aryl methyl sites for hydroxylation is 1. The topological polar surface area (TPSA) is 71.6 Å². The van der Waals surface area contributed by atoms with Crippen molar-refractivity contribution in [1.82, 2.24) is 15.1 Å². The number of benzene rings is 1. The van der Waals surface area contributed by atoms with Gasteiger partial charge in [-0.25, -0.2) is 0 Å². The summed E-state index contributed by atoms with van der Waals surface area (Å²) < 4.78 is 1.81. The second-order valence-corrected chi connectivity index (χ2v) is 9.77. The molecule has 6 nitrogen and oxygen atoms in total. The average Bonchev–Trinajstić information content (AvgIpc) is 3.31. The summed E-state index contributed by atoms with van der Waals surface area (Å²) in [4.78, 5) is 13.6. The van der Waals surface area contributed by atoms with E-state index in [1.807, 2.05) is 30.9 Å². The van der Waals surface area contributed by atoms with E-state index in [0.29, 0.717) is 6.42 Å². The first-order valence-electron chi connectivity index (χ1n) is 11.0. The minimum absolute atomic E-state index is 0.0653. The third-order valence-corrected chi connectivity index (χ3v) is 6.95. The molecule has 1 aromatic carbocycles. The van der Waals surface area contributed by atoms with Gasteiger partial charge in [0.05, 0.1) is 16.8 Å². The van der Waals surface area contributed by atoms with Gasteiger partial charge in [-0.2, -0.15) is 15.3 Å². The zero-order chi connectivity index (χ0) is 22.0. The number of Topliss-reactive ketones (excluding diaryl/α,β-unsaturated/α-hetero) is 1. The third-order valence-electron chi connectivity index (χ3n) is 6.95. The normalized spacial score (nSPS) is 26.7. The van der Waals surface area contributed by atoms with Crippen molar-refractivity contribution in [1.29, 1.82) is 0 Å². The van der Waals surface area contributed by atoms with Gasteiger partial charge in [-0.1, -0.05) is 39.0 Å². The first-order valence-corrected chi connectivity index (χ1v) is 11.0. The maximum Gasteiger partial charge on any atom is 0.165 e. The number of carbonyl (C=O) groups excluding carboxylic acids is 1. The molecule has 160 valence electrons. The summed E-state index contributed by atoms with van der Waals surface area (Å²) in [5.41, 5.74) is 6.47. The minimum atomic E-state index is -0.531. The predicted molar refractivity (Wildman–Crippen MR) is 120 cm³/mol. The maximum absolute atomic E-state index is 13.6. The van der Waals surface area contributed by atoms with E-state index in [1.54, 1.807) is 0 Å². The number of azo groups is 1. The van der Waals surface area contributed by atoms with Crippen LogP contribution < -0.4 is 5.32 Å². The van der Waals surface area contributed by atoms with E-state index in [1.165, 1.54) is 0 Å².